The summed E-state index contributed by atoms with van der Waals surface area (Å²) in [5, 5.41) is 15.1. The zero-order valence-corrected chi connectivity index (χ0v) is 20.0. The molecule has 6 heteroatoms. The van der Waals surface area contributed by atoms with Gasteiger partial charge in [-0.1, -0.05) is 55.7 Å². The van der Waals surface area contributed by atoms with Crippen LogP contribution in [0.15, 0.2) is 59.4 Å². The normalized spacial score (nSPS) is 15.9. The SMILES string of the molecule is CC(C)(NCCc1ccc(OC(=O)C2CCCCC2)c2[nH]c(=O)ccc12)C(O)c1ccccc1. The number of aromatic nitrogens is 1. The Labute approximate surface area is 200 Å². The lowest BCUT2D eigenvalue weighted by Gasteiger charge is -2.32. The molecule has 1 heterocycles. The number of hydrogen-bond donors (Lipinski definition) is 3. The second kappa shape index (κ2) is 10.5. The number of carbonyl (C=O) groups is 1. The zero-order chi connectivity index (χ0) is 24.1. The molecule has 1 fully saturated rings. The third kappa shape index (κ3) is 5.57. The monoisotopic (exact) mass is 462 g/mol. The zero-order valence-electron chi connectivity index (χ0n) is 20.0. The Bertz CT molecular complexity index is 1180. The first-order chi connectivity index (χ1) is 16.3. The van der Waals surface area contributed by atoms with Crippen molar-refractivity contribution in [2.75, 3.05) is 6.54 Å². The number of fused-ring (bicyclic) bond motifs is 1. The Kier molecular flexibility index (Phi) is 7.49. The molecule has 0 aliphatic heterocycles. The van der Waals surface area contributed by atoms with E-state index in [1.807, 2.05) is 50.2 Å². The van der Waals surface area contributed by atoms with Crippen molar-refractivity contribution in [2.24, 2.45) is 5.92 Å². The summed E-state index contributed by atoms with van der Waals surface area (Å²) >= 11 is 0. The van der Waals surface area contributed by atoms with Crippen molar-refractivity contribution in [3.05, 3.63) is 76.1 Å². The molecular weight excluding hydrogens is 428 g/mol. The quantitative estimate of drug-likeness (QED) is 0.335. The maximum atomic E-state index is 12.7. The van der Waals surface area contributed by atoms with E-state index in [0.29, 0.717) is 24.2 Å². The van der Waals surface area contributed by atoms with Crippen LogP contribution in [0.1, 0.15) is 63.2 Å². The summed E-state index contributed by atoms with van der Waals surface area (Å²) in [4.78, 5) is 27.6. The number of aliphatic hydroxyl groups excluding tert-OH is 1. The highest BCUT2D eigenvalue weighted by Gasteiger charge is 2.28. The van der Waals surface area contributed by atoms with Gasteiger partial charge in [0, 0.05) is 17.0 Å². The molecule has 2 aromatic carbocycles. The number of nitrogens with one attached hydrogen (secondary N) is 2. The van der Waals surface area contributed by atoms with E-state index < -0.39 is 11.6 Å². The lowest BCUT2D eigenvalue weighted by atomic mass is 9.89. The Hall–Kier alpha value is -2.96. The van der Waals surface area contributed by atoms with Gasteiger partial charge in [0.2, 0.25) is 5.56 Å². The van der Waals surface area contributed by atoms with Crippen LogP contribution in [0.2, 0.25) is 0 Å². The molecular formula is C28H34N2O4. The molecule has 4 rings (SSSR count). The van der Waals surface area contributed by atoms with Gasteiger partial charge in [-0.3, -0.25) is 9.59 Å². The van der Waals surface area contributed by atoms with E-state index in [-0.39, 0.29) is 17.4 Å². The fraction of sp³-hybridized carbons (Fsp3) is 0.429. The van der Waals surface area contributed by atoms with Crippen molar-refractivity contribution < 1.29 is 14.6 Å². The van der Waals surface area contributed by atoms with Crippen LogP contribution in [-0.4, -0.2) is 28.1 Å². The lowest BCUT2D eigenvalue weighted by molar-refractivity contribution is -0.139. The number of aliphatic hydroxyl groups is 1. The molecule has 1 aromatic heterocycles. The van der Waals surface area contributed by atoms with Gasteiger partial charge in [0.1, 0.15) is 0 Å². The molecule has 1 atom stereocenters. The van der Waals surface area contributed by atoms with Crippen LogP contribution < -0.4 is 15.6 Å². The molecule has 3 N–H and O–H groups in total. The highest BCUT2D eigenvalue weighted by molar-refractivity contribution is 5.90. The van der Waals surface area contributed by atoms with Gasteiger partial charge >= 0.3 is 5.97 Å². The molecule has 0 bridgehead atoms. The second-order valence-electron chi connectivity index (χ2n) is 9.80. The number of hydrogen-bond acceptors (Lipinski definition) is 5. The van der Waals surface area contributed by atoms with Crippen LogP contribution in [-0.2, 0) is 11.2 Å². The summed E-state index contributed by atoms with van der Waals surface area (Å²) in [7, 11) is 0. The van der Waals surface area contributed by atoms with Crippen LogP contribution in [0.5, 0.6) is 5.75 Å². The minimum Gasteiger partial charge on any atom is -0.424 e. The van der Waals surface area contributed by atoms with Crippen LogP contribution in [0.3, 0.4) is 0 Å². The Morgan fingerprint density at radius 2 is 1.82 bits per heavy atom. The maximum absolute atomic E-state index is 12.7. The standard InChI is InChI=1S/C28H34N2O4/c1-28(2,26(32)20-9-5-3-6-10-20)29-18-17-19-13-15-23(25-22(19)14-16-24(31)30-25)34-27(33)21-11-7-4-8-12-21/h3,5-6,9-10,13-16,21,26,29,32H,4,7-8,11-12,17-18H2,1-2H3,(H,30,31). The molecule has 0 radical (unpaired) electrons. The Balaban J connectivity index is 1.48. The molecule has 180 valence electrons. The molecule has 1 unspecified atom stereocenters. The average molecular weight is 463 g/mol. The molecule has 1 aliphatic carbocycles. The number of benzene rings is 2. The molecule has 6 nitrogen and oxygen atoms in total. The Morgan fingerprint density at radius 1 is 1.09 bits per heavy atom. The van der Waals surface area contributed by atoms with Gasteiger partial charge < -0.3 is 20.1 Å². The van der Waals surface area contributed by atoms with E-state index in [1.165, 1.54) is 12.5 Å². The van der Waals surface area contributed by atoms with Crippen molar-refractivity contribution in [3.8, 4) is 5.75 Å². The fourth-order valence-corrected chi connectivity index (χ4v) is 4.79. The Morgan fingerprint density at radius 3 is 2.56 bits per heavy atom. The largest absolute Gasteiger partial charge is 0.424 e. The van der Waals surface area contributed by atoms with Crippen molar-refractivity contribution in [3.63, 3.8) is 0 Å². The highest BCUT2D eigenvalue weighted by atomic mass is 16.5. The molecule has 1 saturated carbocycles. The first-order valence-corrected chi connectivity index (χ1v) is 12.2. The minimum atomic E-state index is -0.650. The average Bonchev–Trinajstić information content (AvgIpc) is 2.85. The first kappa shape index (κ1) is 24.2. The van der Waals surface area contributed by atoms with Gasteiger partial charge in [0.15, 0.2) is 5.75 Å². The van der Waals surface area contributed by atoms with E-state index in [2.05, 4.69) is 10.3 Å². The van der Waals surface area contributed by atoms with Gasteiger partial charge in [-0.2, -0.15) is 0 Å². The first-order valence-electron chi connectivity index (χ1n) is 12.2. The van der Waals surface area contributed by atoms with Crippen LogP contribution in [0.25, 0.3) is 10.9 Å². The summed E-state index contributed by atoms with van der Waals surface area (Å²) in [6, 6.07) is 16.6. The number of aromatic amines is 1. The highest BCUT2D eigenvalue weighted by Crippen LogP contribution is 2.30. The number of esters is 1. The van der Waals surface area contributed by atoms with Gasteiger partial charge in [0.25, 0.3) is 0 Å². The molecule has 0 amide bonds. The van der Waals surface area contributed by atoms with Crippen molar-refractivity contribution in [1.82, 2.24) is 10.3 Å². The van der Waals surface area contributed by atoms with E-state index in [4.69, 9.17) is 4.74 Å². The molecule has 0 saturated heterocycles. The van der Waals surface area contributed by atoms with Crippen molar-refractivity contribution >= 4 is 16.9 Å². The summed E-state index contributed by atoms with van der Waals surface area (Å²) in [5.41, 5.74) is 1.69. The van der Waals surface area contributed by atoms with E-state index in [1.54, 1.807) is 12.1 Å². The number of carbonyl (C=O) groups excluding carboxylic acids is 1. The topological polar surface area (TPSA) is 91.4 Å². The van der Waals surface area contributed by atoms with Gasteiger partial charge in [-0.15, -0.1) is 0 Å². The molecule has 34 heavy (non-hydrogen) atoms. The third-order valence-electron chi connectivity index (χ3n) is 6.87. The number of rotatable bonds is 8. The second-order valence-corrected chi connectivity index (χ2v) is 9.80. The summed E-state index contributed by atoms with van der Waals surface area (Å²) in [6.07, 6.45) is 5.04. The summed E-state index contributed by atoms with van der Waals surface area (Å²) in [6.45, 7) is 4.59. The summed E-state index contributed by atoms with van der Waals surface area (Å²) < 4.78 is 5.76. The van der Waals surface area contributed by atoms with Crippen LogP contribution >= 0.6 is 0 Å². The third-order valence-corrected chi connectivity index (χ3v) is 6.87. The molecule has 0 spiro atoms. The minimum absolute atomic E-state index is 0.0682. The maximum Gasteiger partial charge on any atom is 0.314 e. The van der Waals surface area contributed by atoms with E-state index >= 15 is 0 Å². The lowest BCUT2D eigenvalue weighted by Crippen LogP contribution is -2.45. The molecule has 3 aromatic rings. The van der Waals surface area contributed by atoms with E-state index in [9.17, 15) is 14.7 Å². The van der Waals surface area contributed by atoms with Gasteiger partial charge in [-0.25, -0.2) is 0 Å². The van der Waals surface area contributed by atoms with Gasteiger partial charge in [-0.05, 0) is 62.9 Å². The van der Waals surface area contributed by atoms with Crippen LogP contribution in [0.4, 0.5) is 0 Å². The van der Waals surface area contributed by atoms with E-state index in [0.717, 1.165) is 42.2 Å². The smallest absolute Gasteiger partial charge is 0.314 e. The number of pyridine rings is 1. The summed E-state index contributed by atoms with van der Waals surface area (Å²) in [5.74, 6) is 0.123. The molecule has 1 aliphatic rings. The van der Waals surface area contributed by atoms with Crippen LogP contribution in [0, 0.1) is 5.92 Å². The predicted octanol–water partition coefficient (Wildman–Crippen LogP) is 4.66. The van der Waals surface area contributed by atoms with Gasteiger partial charge in [0.05, 0.1) is 17.5 Å². The predicted molar refractivity (Wildman–Crippen MR) is 134 cm³/mol. The van der Waals surface area contributed by atoms with Crippen molar-refractivity contribution in [1.29, 1.82) is 0 Å². The number of H-pyrrole nitrogens is 1. The van der Waals surface area contributed by atoms with Crippen molar-refractivity contribution in [2.45, 2.75) is 64.0 Å². The number of ether oxygens (including phenoxy) is 1. The fourth-order valence-electron chi connectivity index (χ4n) is 4.79.